The minimum Gasteiger partial charge on any atom is -0.375 e. The van der Waals surface area contributed by atoms with Gasteiger partial charge in [-0.25, -0.2) is 9.97 Å². The molecule has 3 aromatic rings. The topological polar surface area (TPSA) is 83.5 Å². The zero-order valence-electron chi connectivity index (χ0n) is 16.3. The maximum Gasteiger partial charge on any atom is 0.120 e. The summed E-state index contributed by atoms with van der Waals surface area (Å²) in [7, 11) is 0. The summed E-state index contributed by atoms with van der Waals surface area (Å²) in [5.74, 6) is 1.14. The Morgan fingerprint density at radius 3 is 3.03 bits per heavy atom. The van der Waals surface area contributed by atoms with Gasteiger partial charge in [0, 0.05) is 25.2 Å². The highest BCUT2D eigenvalue weighted by Crippen LogP contribution is 2.45. The smallest absolute Gasteiger partial charge is 0.120 e. The molecule has 0 bridgehead atoms. The van der Waals surface area contributed by atoms with Gasteiger partial charge < -0.3 is 20.2 Å². The number of aromatic nitrogens is 5. The van der Waals surface area contributed by atoms with Gasteiger partial charge in [-0.05, 0) is 37.8 Å². The van der Waals surface area contributed by atoms with Crippen LogP contribution in [0.2, 0.25) is 0 Å². The van der Waals surface area contributed by atoms with Gasteiger partial charge in [-0.15, -0.1) is 0 Å². The molecule has 3 aromatic heterocycles. The maximum absolute atomic E-state index is 5.08. The third-order valence-corrected chi connectivity index (χ3v) is 6.20. The predicted octanol–water partition coefficient (Wildman–Crippen LogP) is 2.64. The molecule has 2 unspecified atom stereocenters. The summed E-state index contributed by atoms with van der Waals surface area (Å²) in [6.07, 6.45) is 12.3. The Morgan fingerprint density at radius 1 is 1.21 bits per heavy atom. The van der Waals surface area contributed by atoms with E-state index in [0.29, 0.717) is 0 Å². The standard InChI is InChI=1S/C22H23N7/c1-14-6-4-7-15(27-14)19-21(29-11-5-8-17(29)28-19)22(9-2-3-10-26-22)20-18-16(12-23-20)24-13-25-18/h2-4,6-7,9-10,13,20,23,26H,5,8,11-12H2,1H3,(H,24,25). The van der Waals surface area contributed by atoms with Gasteiger partial charge in [0.05, 0.1) is 35.1 Å². The van der Waals surface area contributed by atoms with E-state index in [9.17, 15) is 0 Å². The molecule has 7 nitrogen and oxygen atoms in total. The molecule has 6 rings (SSSR count). The van der Waals surface area contributed by atoms with Crippen LogP contribution in [0.1, 0.15) is 41.1 Å². The van der Waals surface area contributed by atoms with Crippen molar-refractivity contribution in [3.05, 3.63) is 77.6 Å². The number of hydrogen-bond acceptors (Lipinski definition) is 5. The van der Waals surface area contributed by atoms with Gasteiger partial charge in [0.2, 0.25) is 0 Å². The lowest BCUT2D eigenvalue weighted by molar-refractivity contribution is 0.319. The van der Waals surface area contributed by atoms with Crippen LogP contribution in [-0.4, -0.2) is 24.5 Å². The van der Waals surface area contributed by atoms with Crippen molar-refractivity contribution in [3.63, 3.8) is 0 Å². The molecule has 0 aromatic carbocycles. The van der Waals surface area contributed by atoms with Gasteiger partial charge in [0.15, 0.2) is 0 Å². The van der Waals surface area contributed by atoms with Crippen molar-refractivity contribution in [3.8, 4) is 11.4 Å². The lowest BCUT2D eigenvalue weighted by Crippen LogP contribution is -2.49. The number of nitrogens with zero attached hydrogens (tertiary/aromatic N) is 4. The van der Waals surface area contributed by atoms with Crippen LogP contribution in [0.25, 0.3) is 11.4 Å². The van der Waals surface area contributed by atoms with E-state index in [1.807, 2.05) is 25.3 Å². The lowest BCUT2D eigenvalue weighted by atomic mass is 9.82. The lowest BCUT2D eigenvalue weighted by Gasteiger charge is -2.39. The van der Waals surface area contributed by atoms with E-state index >= 15 is 0 Å². The van der Waals surface area contributed by atoms with Crippen LogP contribution >= 0.6 is 0 Å². The first-order valence-corrected chi connectivity index (χ1v) is 10.2. The number of fused-ring (bicyclic) bond motifs is 2. The molecule has 0 aliphatic carbocycles. The van der Waals surface area contributed by atoms with Crippen molar-refractivity contribution in [2.75, 3.05) is 0 Å². The first-order chi connectivity index (χ1) is 14.3. The van der Waals surface area contributed by atoms with Crippen LogP contribution in [0.15, 0.2) is 49.0 Å². The highest BCUT2D eigenvalue weighted by atomic mass is 15.2. The second-order valence-corrected chi connectivity index (χ2v) is 7.96. The molecular weight excluding hydrogens is 362 g/mol. The molecule has 2 atom stereocenters. The Balaban J connectivity index is 1.61. The fourth-order valence-electron chi connectivity index (χ4n) is 4.96. The van der Waals surface area contributed by atoms with Gasteiger partial charge in [-0.3, -0.25) is 4.98 Å². The Hall–Kier alpha value is -3.19. The molecule has 0 radical (unpaired) electrons. The van der Waals surface area contributed by atoms with Crippen LogP contribution < -0.4 is 10.6 Å². The van der Waals surface area contributed by atoms with E-state index in [-0.39, 0.29) is 6.04 Å². The molecule has 0 spiro atoms. The number of dihydropyridines is 1. The molecule has 0 fully saturated rings. The van der Waals surface area contributed by atoms with Gasteiger partial charge in [-0.1, -0.05) is 18.2 Å². The number of allylic oxidation sites excluding steroid dienone is 2. The third kappa shape index (κ3) is 2.37. The second-order valence-electron chi connectivity index (χ2n) is 7.96. The number of H-pyrrole nitrogens is 1. The first-order valence-electron chi connectivity index (χ1n) is 10.2. The zero-order valence-corrected chi connectivity index (χ0v) is 16.3. The number of imidazole rings is 2. The minimum absolute atomic E-state index is 0.00471. The summed E-state index contributed by atoms with van der Waals surface area (Å²) < 4.78 is 2.39. The highest BCUT2D eigenvalue weighted by Gasteiger charge is 2.48. The van der Waals surface area contributed by atoms with Crippen molar-refractivity contribution in [1.29, 1.82) is 0 Å². The van der Waals surface area contributed by atoms with E-state index in [1.165, 1.54) is 0 Å². The Morgan fingerprint density at radius 2 is 2.17 bits per heavy atom. The first kappa shape index (κ1) is 16.7. The van der Waals surface area contributed by atoms with Gasteiger partial charge in [-0.2, -0.15) is 0 Å². The summed E-state index contributed by atoms with van der Waals surface area (Å²) in [6, 6.07) is 6.14. The maximum atomic E-state index is 5.08. The number of aryl methyl sites for hydroxylation is 2. The van der Waals surface area contributed by atoms with Crippen molar-refractivity contribution in [2.45, 2.75) is 44.4 Å². The van der Waals surface area contributed by atoms with Gasteiger partial charge >= 0.3 is 0 Å². The van der Waals surface area contributed by atoms with E-state index in [0.717, 1.165) is 65.9 Å². The number of rotatable bonds is 3. The molecule has 3 aliphatic rings. The Labute approximate surface area is 169 Å². The number of pyridine rings is 1. The largest absolute Gasteiger partial charge is 0.375 e. The quantitative estimate of drug-likeness (QED) is 0.646. The molecule has 146 valence electrons. The normalized spacial score (nSPS) is 24.5. The molecule has 0 saturated carbocycles. The molecular formula is C22H23N7. The molecule has 29 heavy (non-hydrogen) atoms. The average Bonchev–Trinajstić information content (AvgIpc) is 3.48. The fourth-order valence-corrected chi connectivity index (χ4v) is 4.96. The number of hydrogen-bond donors (Lipinski definition) is 3. The summed E-state index contributed by atoms with van der Waals surface area (Å²) in [5.41, 5.74) is 5.76. The molecule has 3 aliphatic heterocycles. The SMILES string of the molecule is Cc1cccc(-c2nc3n(c2C2(C4NCc5[nH]cnc54)C=CC=CN2)CCC3)n1. The molecule has 7 heteroatoms. The van der Waals surface area contributed by atoms with Crippen LogP contribution in [0.4, 0.5) is 0 Å². The van der Waals surface area contributed by atoms with E-state index < -0.39 is 5.54 Å². The van der Waals surface area contributed by atoms with E-state index in [1.54, 1.807) is 6.33 Å². The number of aromatic amines is 1. The summed E-state index contributed by atoms with van der Waals surface area (Å²) >= 11 is 0. The molecule has 3 N–H and O–H groups in total. The monoisotopic (exact) mass is 385 g/mol. The van der Waals surface area contributed by atoms with Gasteiger partial charge in [0.25, 0.3) is 0 Å². The van der Waals surface area contributed by atoms with E-state index in [2.05, 4.69) is 49.5 Å². The van der Waals surface area contributed by atoms with Crippen LogP contribution in [0.5, 0.6) is 0 Å². The minimum atomic E-state index is -0.495. The number of nitrogens with one attached hydrogen (secondary N) is 3. The average molecular weight is 385 g/mol. The fraction of sp³-hybridized carbons (Fsp3) is 0.318. The van der Waals surface area contributed by atoms with Crippen molar-refractivity contribution in [2.24, 2.45) is 0 Å². The molecule has 0 amide bonds. The van der Waals surface area contributed by atoms with Crippen molar-refractivity contribution < 1.29 is 0 Å². The Kier molecular flexibility index (Phi) is 3.55. The van der Waals surface area contributed by atoms with Crippen LogP contribution in [0, 0.1) is 6.92 Å². The molecule has 6 heterocycles. The van der Waals surface area contributed by atoms with Crippen molar-refractivity contribution in [1.82, 2.24) is 35.1 Å². The molecule has 0 saturated heterocycles. The van der Waals surface area contributed by atoms with E-state index in [4.69, 9.17) is 9.97 Å². The highest BCUT2D eigenvalue weighted by molar-refractivity contribution is 5.63. The van der Waals surface area contributed by atoms with Gasteiger partial charge in [0.1, 0.15) is 17.1 Å². The summed E-state index contributed by atoms with van der Waals surface area (Å²) in [4.78, 5) is 17.8. The Bertz CT molecular complexity index is 1150. The summed E-state index contributed by atoms with van der Waals surface area (Å²) in [6.45, 7) is 3.78. The van der Waals surface area contributed by atoms with Crippen LogP contribution in [-0.2, 0) is 25.0 Å². The predicted molar refractivity (Wildman–Crippen MR) is 110 cm³/mol. The zero-order chi connectivity index (χ0) is 19.4. The van der Waals surface area contributed by atoms with Crippen molar-refractivity contribution >= 4 is 0 Å². The van der Waals surface area contributed by atoms with Crippen LogP contribution in [0.3, 0.4) is 0 Å². The second kappa shape index (κ2) is 6.15. The third-order valence-electron chi connectivity index (χ3n) is 6.20. The summed E-state index contributed by atoms with van der Waals surface area (Å²) in [5, 5.41) is 7.37.